The van der Waals surface area contributed by atoms with Crippen molar-refractivity contribution in [1.29, 1.82) is 0 Å². The Morgan fingerprint density at radius 1 is 1.24 bits per heavy atom. The van der Waals surface area contributed by atoms with Gasteiger partial charge in [-0.25, -0.2) is 9.37 Å². The molecule has 0 saturated heterocycles. The van der Waals surface area contributed by atoms with Crippen molar-refractivity contribution in [3.8, 4) is 0 Å². The van der Waals surface area contributed by atoms with Crippen LogP contribution in [0.3, 0.4) is 0 Å². The minimum absolute atomic E-state index is 0.136. The average Bonchev–Trinajstić information content (AvgIpc) is 3.02. The monoisotopic (exact) mass is 375 g/mol. The van der Waals surface area contributed by atoms with E-state index in [4.69, 9.17) is 11.6 Å². The van der Waals surface area contributed by atoms with Gasteiger partial charge < -0.3 is 9.88 Å². The zero-order valence-electron chi connectivity index (χ0n) is 13.2. The number of halogens is 2. The van der Waals surface area contributed by atoms with Crippen molar-refractivity contribution < 1.29 is 9.18 Å². The van der Waals surface area contributed by atoms with Crippen LogP contribution in [0.1, 0.15) is 5.56 Å². The number of nitrogens with one attached hydrogen (secondary N) is 1. The van der Waals surface area contributed by atoms with Gasteiger partial charge in [0.2, 0.25) is 5.91 Å². The molecule has 0 aliphatic heterocycles. The Balaban J connectivity index is 1.57. The van der Waals surface area contributed by atoms with Gasteiger partial charge in [-0.15, -0.1) is 0 Å². The van der Waals surface area contributed by atoms with Crippen molar-refractivity contribution in [1.82, 2.24) is 9.55 Å². The lowest BCUT2D eigenvalue weighted by Gasteiger charge is -2.08. The van der Waals surface area contributed by atoms with Crippen molar-refractivity contribution in [2.24, 2.45) is 0 Å². The van der Waals surface area contributed by atoms with E-state index in [0.717, 1.165) is 10.7 Å². The van der Waals surface area contributed by atoms with Crippen LogP contribution in [0.4, 0.5) is 10.1 Å². The molecule has 0 spiro atoms. The van der Waals surface area contributed by atoms with Crippen LogP contribution in [0.5, 0.6) is 0 Å². The molecule has 1 heterocycles. The van der Waals surface area contributed by atoms with Crippen LogP contribution >= 0.6 is 23.4 Å². The lowest BCUT2D eigenvalue weighted by Crippen LogP contribution is -2.14. The molecule has 0 saturated carbocycles. The summed E-state index contributed by atoms with van der Waals surface area (Å²) in [7, 11) is 0. The number of nitrogens with zero attached hydrogens (tertiary/aromatic N) is 2. The molecule has 0 atom stereocenters. The zero-order valence-corrected chi connectivity index (χ0v) is 14.7. The molecule has 0 aliphatic carbocycles. The fourth-order valence-electron chi connectivity index (χ4n) is 2.24. The van der Waals surface area contributed by atoms with E-state index in [2.05, 4.69) is 10.3 Å². The summed E-state index contributed by atoms with van der Waals surface area (Å²) in [6, 6.07) is 13.3. The minimum atomic E-state index is -0.262. The van der Waals surface area contributed by atoms with Gasteiger partial charge in [-0.05, 0) is 35.9 Å². The van der Waals surface area contributed by atoms with Crippen LogP contribution in [-0.2, 0) is 11.3 Å². The Morgan fingerprint density at radius 2 is 2.04 bits per heavy atom. The number of imidazole rings is 1. The molecule has 4 nitrogen and oxygen atoms in total. The van der Waals surface area contributed by atoms with E-state index < -0.39 is 0 Å². The number of amides is 1. The lowest BCUT2D eigenvalue weighted by atomic mass is 10.2. The fraction of sp³-hybridized carbons (Fsp3) is 0.111. The minimum Gasteiger partial charge on any atom is -0.325 e. The van der Waals surface area contributed by atoms with Gasteiger partial charge in [-0.1, -0.05) is 41.6 Å². The molecular formula is C18H15ClFN3OS. The van der Waals surface area contributed by atoms with Gasteiger partial charge in [0.25, 0.3) is 0 Å². The smallest absolute Gasteiger partial charge is 0.234 e. The second-order valence-corrected chi connectivity index (χ2v) is 6.69. The quantitative estimate of drug-likeness (QED) is 0.647. The van der Waals surface area contributed by atoms with Crippen LogP contribution in [0.15, 0.2) is 66.1 Å². The summed E-state index contributed by atoms with van der Waals surface area (Å²) in [4.78, 5) is 16.3. The summed E-state index contributed by atoms with van der Waals surface area (Å²) in [6.45, 7) is 0.568. The van der Waals surface area contributed by atoms with Crippen LogP contribution < -0.4 is 5.32 Å². The van der Waals surface area contributed by atoms with Crippen molar-refractivity contribution >= 4 is 35.0 Å². The maximum absolute atomic E-state index is 13.0. The normalized spacial score (nSPS) is 10.6. The Bertz CT molecular complexity index is 867. The summed E-state index contributed by atoms with van der Waals surface area (Å²) >= 11 is 7.24. The van der Waals surface area contributed by atoms with Crippen LogP contribution in [0, 0.1) is 5.82 Å². The Kier molecular flexibility index (Phi) is 5.73. The van der Waals surface area contributed by atoms with Gasteiger partial charge in [0, 0.05) is 29.6 Å². The maximum atomic E-state index is 13.0. The van der Waals surface area contributed by atoms with E-state index in [1.54, 1.807) is 42.6 Å². The van der Waals surface area contributed by atoms with E-state index >= 15 is 0 Å². The molecule has 1 N–H and O–H groups in total. The number of aromatic nitrogens is 2. The van der Waals surface area contributed by atoms with E-state index in [1.165, 1.54) is 23.9 Å². The molecule has 2 aromatic carbocycles. The number of thioether (sulfide) groups is 1. The number of hydrogen-bond donors (Lipinski definition) is 1. The number of rotatable bonds is 6. The number of hydrogen-bond acceptors (Lipinski definition) is 3. The molecule has 7 heteroatoms. The van der Waals surface area contributed by atoms with Crippen molar-refractivity contribution in [2.45, 2.75) is 11.7 Å². The first kappa shape index (κ1) is 17.5. The summed E-state index contributed by atoms with van der Waals surface area (Å²) < 4.78 is 14.9. The average molecular weight is 376 g/mol. The topological polar surface area (TPSA) is 46.9 Å². The zero-order chi connectivity index (χ0) is 17.6. The van der Waals surface area contributed by atoms with Gasteiger partial charge in [0.05, 0.1) is 5.75 Å². The SMILES string of the molecule is O=C(CSc1nccn1Cc1ccc(F)cc1)Nc1cccc(Cl)c1. The first-order chi connectivity index (χ1) is 12.1. The molecule has 0 fully saturated rings. The van der Waals surface area contributed by atoms with Gasteiger partial charge in [0.1, 0.15) is 5.82 Å². The summed E-state index contributed by atoms with van der Waals surface area (Å²) in [5.41, 5.74) is 1.62. The summed E-state index contributed by atoms with van der Waals surface area (Å²) in [6.07, 6.45) is 3.52. The molecule has 1 aromatic heterocycles. The Hall–Kier alpha value is -2.31. The Labute approximate surface area is 154 Å². The molecule has 128 valence electrons. The van der Waals surface area contributed by atoms with Crippen molar-refractivity contribution in [3.63, 3.8) is 0 Å². The second-order valence-electron chi connectivity index (χ2n) is 5.31. The summed E-state index contributed by atoms with van der Waals surface area (Å²) in [5.74, 6) is -0.169. The number of anilines is 1. The Morgan fingerprint density at radius 3 is 2.80 bits per heavy atom. The van der Waals surface area contributed by atoms with E-state index in [9.17, 15) is 9.18 Å². The van der Waals surface area contributed by atoms with Gasteiger partial charge >= 0.3 is 0 Å². The molecule has 0 unspecified atom stereocenters. The van der Waals surface area contributed by atoms with Crippen LogP contribution in [0.25, 0.3) is 0 Å². The van der Waals surface area contributed by atoms with Crippen molar-refractivity contribution in [3.05, 3.63) is 77.3 Å². The fourth-order valence-corrected chi connectivity index (χ4v) is 3.19. The largest absolute Gasteiger partial charge is 0.325 e. The molecule has 3 rings (SSSR count). The molecule has 3 aromatic rings. The molecular weight excluding hydrogens is 361 g/mol. The number of carbonyl (C=O) groups is 1. The first-order valence-corrected chi connectivity index (χ1v) is 8.90. The third-order valence-electron chi connectivity index (χ3n) is 3.38. The molecule has 25 heavy (non-hydrogen) atoms. The highest BCUT2D eigenvalue weighted by molar-refractivity contribution is 7.99. The van der Waals surface area contributed by atoms with E-state index in [0.29, 0.717) is 17.3 Å². The van der Waals surface area contributed by atoms with Crippen LogP contribution in [0.2, 0.25) is 5.02 Å². The van der Waals surface area contributed by atoms with Gasteiger partial charge in [0.15, 0.2) is 5.16 Å². The molecule has 0 bridgehead atoms. The third-order valence-corrected chi connectivity index (χ3v) is 4.62. The predicted molar refractivity (Wildman–Crippen MR) is 98.5 cm³/mol. The number of benzene rings is 2. The standard InChI is InChI=1S/C18H15ClFN3OS/c19-14-2-1-3-16(10-14)22-17(24)12-25-18-21-8-9-23(18)11-13-4-6-15(20)7-5-13/h1-10H,11-12H2,(H,22,24). The third kappa shape index (κ3) is 5.08. The highest BCUT2D eigenvalue weighted by Gasteiger charge is 2.09. The van der Waals surface area contributed by atoms with Gasteiger partial charge in [-0.2, -0.15) is 0 Å². The molecule has 0 radical (unpaired) electrons. The summed E-state index contributed by atoms with van der Waals surface area (Å²) in [5, 5.41) is 4.09. The van der Waals surface area contributed by atoms with Crippen molar-refractivity contribution in [2.75, 3.05) is 11.1 Å². The lowest BCUT2D eigenvalue weighted by molar-refractivity contribution is -0.113. The first-order valence-electron chi connectivity index (χ1n) is 7.54. The van der Waals surface area contributed by atoms with Gasteiger partial charge in [-0.3, -0.25) is 4.79 Å². The second kappa shape index (κ2) is 8.18. The highest BCUT2D eigenvalue weighted by atomic mass is 35.5. The van der Waals surface area contributed by atoms with Crippen LogP contribution in [-0.4, -0.2) is 21.2 Å². The maximum Gasteiger partial charge on any atom is 0.234 e. The van der Waals surface area contributed by atoms with E-state index in [-0.39, 0.29) is 17.5 Å². The highest BCUT2D eigenvalue weighted by Crippen LogP contribution is 2.19. The van der Waals surface area contributed by atoms with E-state index in [1.807, 2.05) is 10.8 Å². The molecule has 1 amide bonds. The predicted octanol–water partition coefficient (Wildman–Crippen LogP) is 4.45. The molecule has 0 aliphatic rings. The number of carbonyl (C=O) groups excluding carboxylic acids is 1.